The standard InChI is InChI=1S/C13H15BrClNS2/c1-4-16-12(9-5-10(14)18-8(9)3)13-11(15)7(2)6-17-13/h5-6,12,16H,4H2,1-3H3. The Morgan fingerprint density at radius 3 is 2.61 bits per heavy atom. The Morgan fingerprint density at radius 2 is 2.17 bits per heavy atom. The second-order valence-corrected chi connectivity index (χ2v) is 8.07. The van der Waals surface area contributed by atoms with Crippen molar-refractivity contribution in [2.75, 3.05) is 6.54 Å². The van der Waals surface area contributed by atoms with E-state index in [2.05, 4.69) is 53.5 Å². The van der Waals surface area contributed by atoms with E-state index in [0.717, 1.165) is 17.1 Å². The minimum absolute atomic E-state index is 0.198. The van der Waals surface area contributed by atoms with Crippen molar-refractivity contribution in [3.8, 4) is 0 Å². The van der Waals surface area contributed by atoms with Crippen molar-refractivity contribution in [2.24, 2.45) is 0 Å². The van der Waals surface area contributed by atoms with E-state index in [9.17, 15) is 0 Å². The fourth-order valence-electron chi connectivity index (χ4n) is 1.94. The molecule has 1 unspecified atom stereocenters. The fourth-order valence-corrected chi connectivity index (χ4v) is 5.08. The van der Waals surface area contributed by atoms with Crippen LogP contribution < -0.4 is 5.32 Å². The van der Waals surface area contributed by atoms with E-state index in [4.69, 9.17) is 11.6 Å². The van der Waals surface area contributed by atoms with E-state index in [-0.39, 0.29) is 6.04 Å². The summed E-state index contributed by atoms with van der Waals surface area (Å²) in [5.41, 5.74) is 2.48. The molecule has 5 heteroatoms. The van der Waals surface area contributed by atoms with Crippen LogP contribution in [0, 0.1) is 13.8 Å². The fraction of sp³-hybridized carbons (Fsp3) is 0.385. The van der Waals surface area contributed by atoms with Gasteiger partial charge in [0.2, 0.25) is 0 Å². The summed E-state index contributed by atoms with van der Waals surface area (Å²) in [7, 11) is 0. The summed E-state index contributed by atoms with van der Waals surface area (Å²) in [5.74, 6) is 0. The first-order valence-electron chi connectivity index (χ1n) is 5.77. The number of thiophene rings is 2. The van der Waals surface area contributed by atoms with E-state index < -0.39 is 0 Å². The molecule has 0 aromatic carbocycles. The Hall–Kier alpha value is 0.130. The van der Waals surface area contributed by atoms with Gasteiger partial charge in [-0.15, -0.1) is 22.7 Å². The summed E-state index contributed by atoms with van der Waals surface area (Å²) in [4.78, 5) is 2.54. The topological polar surface area (TPSA) is 12.0 Å². The molecule has 1 atom stereocenters. The average molecular weight is 365 g/mol. The van der Waals surface area contributed by atoms with E-state index in [1.165, 1.54) is 19.1 Å². The molecular formula is C13H15BrClNS2. The quantitative estimate of drug-likeness (QED) is 0.751. The number of halogens is 2. The molecule has 0 spiro atoms. The Morgan fingerprint density at radius 1 is 1.44 bits per heavy atom. The molecule has 0 fully saturated rings. The van der Waals surface area contributed by atoms with Gasteiger partial charge in [0, 0.05) is 9.75 Å². The summed E-state index contributed by atoms with van der Waals surface area (Å²) in [6.07, 6.45) is 0. The van der Waals surface area contributed by atoms with E-state index in [1.807, 2.05) is 0 Å². The van der Waals surface area contributed by atoms with Crippen molar-refractivity contribution in [1.29, 1.82) is 0 Å². The van der Waals surface area contributed by atoms with Crippen LogP contribution in [0.5, 0.6) is 0 Å². The molecule has 0 bridgehead atoms. The Labute approximate surface area is 129 Å². The third-order valence-corrected chi connectivity index (χ3v) is 6.18. The van der Waals surface area contributed by atoms with Gasteiger partial charge in [-0.3, -0.25) is 0 Å². The van der Waals surface area contributed by atoms with Gasteiger partial charge in [0.05, 0.1) is 14.9 Å². The van der Waals surface area contributed by atoms with Crippen LogP contribution in [0.15, 0.2) is 15.2 Å². The van der Waals surface area contributed by atoms with Gasteiger partial charge in [0.25, 0.3) is 0 Å². The van der Waals surface area contributed by atoms with Gasteiger partial charge in [-0.25, -0.2) is 0 Å². The minimum atomic E-state index is 0.198. The molecule has 0 aliphatic rings. The van der Waals surface area contributed by atoms with Crippen LogP contribution in [-0.4, -0.2) is 6.54 Å². The second kappa shape index (κ2) is 6.06. The highest BCUT2D eigenvalue weighted by Gasteiger charge is 2.22. The molecular weight excluding hydrogens is 350 g/mol. The van der Waals surface area contributed by atoms with Gasteiger partial charge in [-0.1, -0.05) is 18.5 Å². The smallest absolute Gasteiger partial charge is 0.0704 e. The van der Waals surface area contributed by atoms with Crippen molar-refractivity contribution in [1.82, 2.24) is 5.32 Å². The molecule has 0 aliphatic heterocycles. The molecule has 0 saturated heterocycles. The molecule has 98 valence electrons. The summed E-state index contributed by atoms with van der Waals surface area (Å²) in [6, 6.07) is 2.39. The molecule has 1 N–H and O–H groups in total. The Kier molecular flexibility index (Phi) is 4.89. The number of hydrogen-bond acceptors (Lipinski definition) is 3. The van der Waals surface area contributed by atoms with Crippen LogP contribution in [0.4, 0.5) is 0 Å². The maximum absolute atomic E-state index is 6.41. The predicted octanol–water partition coefficient (Wildman–Crippen LogP) is 5.54. The summed E-state index contributed by atoms with van der Waals surface area (Å²) < 4.78 is 1.17. The molecule has 0 saturated carbocycles. The molecule has 0 aliphatic carbocycles. The average Bonchev–Trinajstić information content (AvgIpc) is 2.81. The number of aryl methyl sites for hydroxylation is 2. The zero-order valence-corrected chi connectivity index (χ0v) is 14.5. The molecule has 2 aromatic rings. The molecule has 2 heterocycles. The highest BCUT2D eigenvalue weighted by Crippen LogP contribution is 2.39. The molecule has 2 aromatic heterocycles. The minimum Gasteiger partial charge on any atom is -0.306 e. The lowest BCUT2D eigenvalue weighted by molar-refractivity contribution is 0.639. The van der Waals surface area contributed by atoms with Crippen molar-refractivity contribution in [3.63, 3.8) is 0 Å². The van der Waals surface area contributed by atoms with Crippen LogP contribution in [-0.2, 0) is 0 Å². The lowest BCUT2D eigenvalue weighted by Gasteiger charge is -2.17. The number of hydrogen-bond donors (Lipinski definition) is 1. The first-order chi connectivity index (χ1) is 8.54. The maximum Gasteiger partial charge on any atom is 0.0704 e. The highest BCUT2D eigenvalue weighted by atomic mass is 79.9. The number of rotatable bonds is 4. The largest absolute Gasteiger partial charge is 0.306 e. The van der Waals surface area contributed by atoms with Crippen molar-refractivity contribution < 1.29 is 0 Å². The van der Waals surface area contributed by atoms with Crippen molar-refractivity contribution >= 4 is 50.2 Å². The van der Waals surface area contributed by atoms with E-state index >= 15 is 0 Å². The zero-order chi connectivity index (χ0) is 13.3. The van der Waals surface area contributed by atoms with Crippen LogP contribution in [0.3, 0.4) is 0 Å². The molecule has 1 nitrogen and oxygen atoms in total. The van der Waals surface area contributed by atoms with E-state index in [1.54, 1.807) is 22.7 Å². The monoisotopic (exact) mass is 363 g/mol. The number of nitrogens with one attached hydrogen (secondary N) is 1. The van der Waals surface area contributed by atoms with E-state index in [0.29, 0.717) is 0 Å². The van der Waals surface area contributed by atoms with Crippen molar-refractivity contribution in [2.45, 2.75) is 26.8 Å². The van der Waals surface area contributed by atoms with Crippen LogP contribution in [0.2, 0.25) is 5.02 Å². The SMILES string of the molecule is CCNC(c1cc(Br)sc1C)c1scc(C)c1Cl. The van der Waals surface area contributed by atoms with Gasteiger partial charge < -0.3 is 5.32 Å². The van der Waals surface area contributed by atoms with Gasteiger partial charge in [-0.2, -0.15) is 0 Å². The molecule has 2 rings (SSSR count). The van der Waals surface area contributed by atoms with Crippen molar-refractivity contribution in [3.05, 3.63) is 41.1 Å². The van der Waals surface area contributed by atoms with Gasteiger partial charge in [0.1, 0.15) is 0 Å². The third-order valence-electron chi connectivity index (χ3n) is 2.83. The highest BCUT2D eigenvalue weighted by molar-refractivity contribution is 9.11. The van der Waals surface area contributed by atoms with Crippen LogP contribution in [0.1, 0.15) is 33.8 Å². The normalized spacial score (nSPS) is 12.9. The van der Waals surface area contributed by atoms with Gasteiger partial charge >= 0.3 is 0 Å². The third kappa shape index (κ3) is 2.83. The summed E-state index contributed by atoms with van der Waals surface area (Å²) in [6.45, 7) is 7.26. The molecule has 18 heavy (non-hydrogen) atoms. The van der Waals surface area contributed by atoms with Gasteiger partial charge in [-0.05, 0) is 58.9 Å². The first kappa shape index (κ1) is 14.5. The summed E-state index contributed by atoms with van der Waals surface area (Å²) in [5, 5.41) is 6.56. The van der Waals surface area contributed by atoms with Crippen LogP contribution in [0.25, 0.3) is 0 Å². The zero-order valence-electron chi connectivity index (χ0n) is 10.5. The summed E-state index contributed by atoms with van der Waals surface area (Å²) >= 11 is 13.5. The second-order valence-electron chi connectivity index (χ2n) is 4.15. The lowest BCUT2D eigenvalue weighted by Crippen LogP contribution is -2.21. The Bertz CT molecular complexity index is 545. The molecule has 0 radical (unpaired) electrons. The first-order valence-corrected chi connectivity index (χ1v) is 8.64. The van der Waals surface area contributed by atoms with Gasteiger partial charge in [0.15, 0.2) is 0 Å². The lowest BCUT2D eigenvalue weighted by atomic mass is 10.1. The van der Waals surface area contributed by atoms with Crippen LogP contribution >= 0.6 is 50.2 Å². The molecule has 0 amide bonds. The Balaban J connectivity index is 2.46. The predicted molar refractivity (Wildman–Crippen MR) is 86.3 cm³/mol. The maximum atomic E-state index is 6.41.